The van der Waals surface area contributed by atoms with Gasteiger partial charge in [0.1, 0.15) is 10.8 Å². The number of nitrogens with one attached hydrogen (secondary N) is 1. The third-order valence-corrected chi connectivity index (χ3v) is 4.53. The topological polar surface area (TPSA) is 58.1 Å². The van der Waals surface area contributed by atoms with Crippen molar-refractivity contribution in [2.24, 2.45) is 0 Å². The van der Waals surface area contributed by atoms with Crippen molar-refractivity contribution in [3.05, 3.63) is 29.4 Å². The summed E-state index contributed by atoms with van der Waals surface area (Å²) in [5.74, 6) is 0.619. The predicted octanol–water partition coefficient (Wildman–Crippen LogP) is 3.53. The van der Waals surface area contributed by atoms with Gasteiger partial charge in [0.15, 0.2) is 0 Å². The molecule has 2 aromatic heterocycles. The first-order valence-corrected chi connectivity index (χ1v) is 8.04. The van der Waals surface area contributed by atoms with Gasteiger partial charge in [-0.05, 0) is 37.8 Å². The van der Waals surface area contributed by atoms with Crippen molar-refractivity contribution in [2.45, 2.75) is 26.2 Å². The first kappa shape index (κ1) is 14.0. The van der Waals surface area contributed by atoms with E-state index in [1.54, 1.807) is 6.20 Å². The highest BCUT2D eigenvalue weighted by Crippen LogP contribution is 2.27. The quantitative estimate of drug-likeness (QED) is 0.923. The molecule has 0 spiro atoms. The van der Waals surface area contributed by atoms with Crippen LogP contribution >= 0.6 is 11.3 Å². The lowest BCUT2D eigenvalue weighted by Crippen LogP contribution is -2.38. The Balaban J connectivity index is 1.70. The number of nitrogens with zero attached hydrogens (tertiary/aromatic N) is 3. The molecule has 0 bridgehead atoms. The zero-order valence-electron chi connectivity index (χ0n) is 12.0. The average Bonchev–Trinajstić information content (AvgIpc) is 2.97. The van der Waals surface area contributed by atoms with Crippen molar-refractivity contribution in [1.82, 2.24) is 14.9 Å². The maximum atomic E-state index is 12.1. The van der Waals surface area contributed by atoms with Crippen LogP contribution in [0.2, 0.25) is 0 Å². The smallest absolute Gasteiger partial charge is 0.323 e. The molecule has 0 atom stereocenters. The minimum absolute atomic E-state index is 0.0468. The third-order valence-electron chi connectivity index (χ3n) is 3.65. The summed E-state index contributed by atoms with van der Waals surface area (Å²) in [6.07, 6.45) is 6.97. The van der Waals surface area contributed by atoms with E-state index in [0.29, 0.717) is 5.82 Å². The van der Waals surface area contributed by atoms with Gasteiger partial charge in [-0.25, -0.2) is 9.78 Å². The maximum Gasteiger partial charge on any atom is 0.323 e. The van der Waals surface area contributed by atoms with Gasteiger partial charge >= 0.3 is 6.03 Å². The molecule has 0 radical (unpaired) electrons. The van der Waals surface area contributed by atoms with Gasteiger partial charge in [-0.15, -0.1) is 11.3 Å². The monoisotopic (exact) mass is 302 g/mol. The van der Waals surface area contributed by atoms with Crippen LogP contribution in [0.3, 0.4) is 0 Å². The van der Waals surface area contributed by atoms with Crippen molar-refractivity contribution >= 4 is 23.2 Å². The second-order valence-electron chi connectivity index (χ2n) is 5.21. The summed E-state index contributed by atoms with van der Waals surface area (Å²) in [4.78, 5) is 22.6. The molecule has 110 valence electrons. The van der Waals surface area contributed by atoms with Crippen LogP contribution in [0.1, 0.15) is 24.8 Å². The molecule has 1 N–H and O–H groups in total. The molecule has 0 saturated carbocycles. The van der Waals surface area contributed by atoms with Gasteiger partial charge in [0.2, 0.25) is 0 Å². The van der Waals surface area contributed by atoms with E-state index in [1.807, 2.05) is 29.5 Å². The summed E-state index contributed by atoms with van der Waals surface area (Å²) >= 11 is 1.52. The van der Waals surface area contributed by atoms with Gasteiger partial charge in [0.25, 0.3) is 0 Å². The molecule has 2 aromatic rings. The normalized spacial score (nSPS) is 15.0. The van der Waals surface area contributed by atoms with Crippen LogP contribution in [0.15, 0.2) is 23.8 Å². The van der Waals surface area contributed by atoms with Gasteiger partial charge in [-0.1, -0.05) is 0 Å². The van der Waals surface area contributed by atoms with Gasteiger partial charge in [-0.3, -0.25) is 10.3 Å². The number of rotatable bonds is 2. The standard InChI is InChI=1S/C15H18N4OS/c1-11-5-6-16-9-12(11)14-17-13(10-21-14)18-15(20)19-7-3-2-4-8-19/h5-6,9-10H,2-4,7-8H2,1H3,(H,18,20). The van der Waals surface area contributed by atoms with E-state index in [4.69, 9.17) is 0 Å². The summed E-state index contributed by atoms with van der Waals surface area (Å²) in [5.41, 5.74) is 2.15. The Morgan fingerprint density at radius 1 is 1.33 bits per heavy atom. The molecule has 1 fully saturated rings. The van der Waals surface area contributed by atoms with Crippen LogP contribution in [0.4, 0.5) is 10.6 Å². The van der Waals surface area contributed by atoms with Crippen molar-refractivity contribution in [2.75, 3.05) is 18.4 Å². The second-order valence-corrected chi connectivity index (χ2v) is 6.06. The molecule has 3 rings (SSSR count). The number of urea groups is 1. The van der Waals surface area contributed by atoms with E-state index in [0.717, 1.165) is 42.1 Å². The lowest BCUT2D eigenvalue weighted by atomic mass is 10.1. The van der Waals surface area contributed by atoms with Gasteiger partial charge in [-0.2, -0.15) is 0 Å². The molecule has 21 heavy (non-hydrogen) atoms. The fraction of sp³-hybridized carbons (Fsp3) is 0.400. The summed E-state index contributed by atoms with van der Waals surface area (Å²) in [5, 5.41) is 5.65. The molecule has 6 heteroatoms. The first-order valence-electron chi connectivity index (χ1n) is 7.16. The van der Waals surface area contributed by atoms with E-state index in [9.17, 15) is 4.79 Å². The van der Waals surface area contributed by atoms with Crippen molar-refractivity contribution < 1.29 is 4.79 Å². The number of likely N-dealkylation sites (tertiary alicyclic amines) is 1. The van der Waals surface area contributed by atoms with E-state index in [-0.39, 0.29) is 6.03 Å². The van der Waals surface area contributed by atoms with E-state index in [2.05, 4.69) is 15.3 Å². The number of aromatic nitrogens is 2. The lowest BCUT2D eigenvalue weighted by molar-refractivity contribution is 0.200. The second kappa shape index (κ2) is 6.22. The number of pyridine rings is 1. The molecule has 2 amide bonds. The van der Waals surface area contributed by atoms with Gasteiger partial charge in [0.05, 0.1) is 0 Å². The largest absolute Gasteiger partial charge is 0.325 e. The summed E-state index contributed by atoms with van der Waals surface area (Å²) in [6.45, 7) is 3.71. The molecule has 1 aliphatic rings. The number of carbonyl (C=O) groups is 1. The molecular weight excluding hydrogens is 284 g/mol. The van der Waals surface area contributed by atoms with Gasteiger partial charge in [0, 0.05) is 36.4 Å². The summed E-state index contributed by atoms with van der Waals surface area (Å²) < 4.78 is 0. The number of aryl methyl sites for hydroxylation is 1. The van der Waals surface area contributed by atoms with Crippen LogP contribution in [0.25, 0.3) is 10.6 Å². The average molecular weight is 302 g/mol. The zero-order chi connectivity index (χ0) is 14.7. The molecule has 1 aliphatic heterocycles. The highest BCUT2D eigenvalue weighted by molar-refractivity contribution is 7.13. The number of anilines is 1. The SMILES string of the molecule is Cc1ccncc1-c1nc(NC(=O)N2CCCCC2)cs1. The minimum atomic E-state index is -0.0468. The highest BCUT2D eigenvalue weighted by atomic mass is 32.1. The number of carbonyl (C=O) groups excluding carboxylic acids is 1. The Kier molecular flexibility index (Phi) is 4.15. The molecule has 5 nitrogen and oxygen atoms in total. The van der Waals surface area contributed by atoms with E-state index in [1.165, 1.54) is 17.8 Å². The summed E-state index contributed by atoms with van der Waals surface area (Å²) in [7, 11) is 0. The fourth-order valence-electron chi connectivity index (χ4n) is 2.43. The molecular formula is C15H18N4OS. The highest BCUT2D eigenvalue weighted by Gasteiger charge is 2.17. The first-order chi connectivity index (χ1) is 10.2. The van der Waals surface area contributed by atoms with Gasteiger partial charge < -0.3 is 4.90 Å². The van der Waals surface area contributed by atoms with Crippen LogP contribution in [0.5, 0.6) is 0 Å². The zero-order valence-corrected chi connectivity index (χ0v) is 12.8. The number of amides is 2. The Bertz CT molecular complexity index is 634. The molecule has 0 aromatic carbocycles. The predicted molar refractivity (Wildman–Crippen MR) is 84.5 cm³/mol. The number of hydrogen-bond donors (Lipinski definition) is 1. The Morgan fingerprint density at radius 3 is 2.90 bits per heavy atom. The summed E-state index contributed by atoms with van der Waals surface area (Å²) in [6, 6.07) is 1.91. The lowest BCUT2D eigenvalue weighted by Gasteiger charge is -2.26. The van der Waals surface area contributed by atoms with Crippen LogP contribution < -0.4 is 5.32 Å². The fourth-order valence-corrected chi connectivity index (χ4v) is 3.25. The third kappa shape index (κ3) is 3.21. The van der Waals surface area contributed by atoms with Crippen LogP contribution in [-0.2, 0) is 0 Å². The molecule has 0 unspecified atom stereocenters. The van der Waals surface area contributed by atoms with Crippen molar-refractivity contribution in [3.63, 3.8) is 0 Å². The maximum absolute atomic E-state index is 12.1. The Hall–Kier alpha value is -1.95. The Morgan fingerprint density at radius 2 is 2.14 bits per heavy atom. The molecule has 1 saturated heterocycles. The van der Waals surface area contributed by atoms with Crippen molar-refractivity contribution in [1.29, 1.82) is 0 Å². The number of thiazole rings is 1. The minimum Gasteiger partial charge on any atom is -0.325 e. The van der Waals surface area contributed by atoms with E-state index >= 15 is 0 Å². The Labute approximate surface area is 128 Å². The van der Waals surface area contributed by atoms with Crippen LogP contribution in [0, 0.1) is 6.92 Å². The number of piperidine rings is 1. The van der Waals surface area contributed by atoms with E-state index < -0.39 is 0 Å². The molecule has 3 heterocycles. The van der Waals surface area contributed by atoms with Crippen molar-refractivity contribution in [3.8, 4) is 10.6 Å². The molecule has 0 aliphatic carbocycles. The number of hydrogen-bond acceptors (Lipinski definition) is 4. The van der Waals surface area contributed by atoms with Crippen LogP contribution in [-0.4, -0.2) is 34.0 Å².